The van der Waals surface area contributed by atoms with Crippen LogP contribution in [0.4, 0.5) is 11.4 Å². The van der Waals surface area contributed by atoms with Gasteiger partial charge in [-0.25, -0.2) is 4.79 Å². The summed E-state index contributed by atoms with van der Waals surface area (Å²) in [5.74, 6) is -0.616. The molecule has 1 aromatic rings. The van der Waals surface area contributed by atoms with E-state index in [0.717, 1.165) is 18.9 Å². The molecular weight excluding hydrogens is 260 g/mol. The summed E-state index contributed by atoms with van der Waals surface area (Å²) in [6.07, 6.45) is 5.99. The maximum atomic E-state index is 11.0. The van der Waals surface area contributed by atoms with Crippen LogP contribution in [0.5, 0.6) is 0 Å². The predicted octanol–water partition coefficient (Wildman–Crippen LogP) is 3.29. The molecule has 1 saturated carbocycles. The van der Waals surface area contributed by atoms with Crippen molar-refractivity contribution < 1.29 is 14.8 Å². The minimum atomic E-state index is -1.16. The number of nitro groups is 1. The summed E-state index contributed by atoms with van der Waals surface area (Å²) in [6, 6.07) is 3.97. The fourth-order valence-electron chi connectivity index (χ4n) is 2.61. The fraction of sp³-hybridized carbons (Fsp3) is 0.500. The van der Waals surface area contributed by atoms with E-state index in [2.05, 4.69) is 5.32 Å². The molecule has 6 nitrogen and oxygen atoms in total. The molecule has 0 amide bonds. The summed E-state index contributed by atoms with van der Waals surface area (Å²) in [4.78, 5) is 21.3. The highest BCUT2D eigenvalue weighted by molar-refractivity contribution is 5.89. The molecule has 1 aliphatic carbocycles. The van der Waals surface area contributed by atoms with Crippen LogP contribution >= 0.6 is 0 Å². The number of carbonyl (C=O) groups is 1. The van der Waals surface area contributed by atoms with Crippen LogP contribution in [-0.4, -0.2) is 22.5 Å². The molecule has 0 spiro atoms. The highest BCUT2D eigenvalue weighted by Crippen LogP contribution is 2.28. The number of hydrogen-bond donors (Lipinski definition) is 2. The summed E-state index contributed by atoms with van der Waals surface area (Å²) >= 11 is 0. The van der Waals surface area contributed by atoms with Crippen molar-refractivity contribution in [3.8, 4) is 0 Å². The zero-order valence-corrected chi connectivity index (χ0v) is 11.2. The van der Waals surface area contributed by atoms with Gasteiger partial charge in [-0.3, -0.25) is 10.1 Å². The molecule has 0 aliphatic heterocycles. The van der Waals surface area contributed by atoms with Gasteiger partial charge in [0.15, 0.2) is 0 Å². The minimum Gasteiger partial charge on any atom is -0.478 e. The molecule has 0 heterocycles. The van der Waals surface area contributed by atoms with Gasteiger partial charge in [0.1, 0.15) is 5.69 Å². The predicted molar refractivity (Wildman–Crippen MR) is 75.1 cm³/mol. The van der Waals surface area contributed by atoms with E-state index in [0.29, 0.717) is 18.2 Å². The van der Waals surface area contributed by atoms with Crippen LogP contribution < -0.4 is 5.32 Å². The van der Waals surface area contributed by atoms with Crippen molar-refractivity contribution in [2.45, 2.75) is 32.1 Å². The van der Waals surface area contributed by atoms with Crippen molar-refractivity contribution in [2.75, 3.05) is 11.9 Å². The third-order valence-electron chi connectivity index (χ3n) is 3.75. The maximum absolute atomic E-state index is 11.0. The van der Waals surface area contributed by atoms with Crippen molar-refractivity contribution >= 4 is 17.3 Å². The van der Waals surface area contributed by atoms with Crippen molar-refractivity contribution in [2.24, 2.45) is 5.92 Å². The van der Waals surface area contributed by atoms with Crippen molar-refractivity contribution in [3.63, 3.8) is 0 Å². The van der Waals surface area contributed by atoms with Gasteiger partial charge in [-0.2, -0.15) is 0 Å². The van der Waals surface area contributed by atoms with E-state index in [9.17, 15) is 14.9 Å². The summed E-state index contributed by atoms with van der Waals surface area (Å²) in [6.45, 7) is 0.702. The van der Waals surface area contributed by atoms with E-state index < -0.39 is 10.9 Å². The summed E-state index contributed by atoms with van der Waals surface area (Å²) < 4.78 is 0. The lowest BCUT2D eigenvalue weighted by atomic mass is 9.89. The Morgan fingerprint density at radius 1 is 1.35 bits per heavy atom. The monoisotopic (exact) mass is 278 g/mol. The third-order valence-corrected chi connectivity index (χ3v) is 3.75. The number of nitrogens with one attached hydrogen (secondary N) is 1. The van der Waals surface area contributed by atoms with Crippen molar-refractivity contribution in [3.05, 3.63) is 33.9 Å². The molecule has 1 aromatic carbocycles. The standard InChI is InChI=1S/C14H18N2O4/c17-14(18)11-6-7-12(13(8-11)16(19)20)15-9-10-4-2-1-3-5-10/h6-8,10,15H,1-5,9H2,(H,17,18). The van der Waals surface area contributed by atoms with Crippen molar-refractivity contribution in [1.82, 2.24) is 0 Å². The number of carboxylic acid groups (broad SMARTS) is 1. The number of hydrogen-bond acceptors (Lipinski definition) is 4. The zero-order chi connectivity index (χ0) is 14.5. The van der Waals surface area contributed by atoms with Crippen LogP contribution in [0.25, 0.3) is 0 Å². The number of aromatic carboxylic acids is 1. The summed E-state index contributed by atoms with van der Waals surface area (Å²) in [7, 11) is 0. The molecule has 0 unspecified atom stereocenters. The molecule has 1 aliphatic rings. The normalized spacial score (nSPS) is 15.8. The Hall–Kier alpha value is -2.11. The molecule has 0 radical (unpaired) electrons. The maximum Gasteiger partial charge on any atom is 0.335 e. The molecule has 6 heteroatoms. The highest BCUT2D eigenvalue weighted by atomic mass is 16.6. The van der Waals surface area contributed by atoms with Gasteiger partial charge in [0, 0.05) is 12.6 Å². The molecule has 0 saturated heterocycles. The second kappa shape index (κ2) is 6.36. The van der Waals surface area contributed by atoms with Crippen LogP contribution in [0.3, 0.4) is 0 Å². The Labute approximate surface area is 117 Å². The molecule has 1 fully saturated rings. The quantitative estimate of drug-likeness (QED) is 0.637. The van der Waals surface area contributed by atoms with E-state index in [1.54, 1.807) is 0 Å². The van der Waals surface area contributed by atoms with Gasteiger partial charge in [-0.05, 0) is 30.9 Å². The van der Waals surface area contributed by atoms with Crippen molar-refractivity contribution in [1.29, 1.82) is 0 Å². The van der Waals surface area contributed by atoms with E-state index in [4.69, 9.17) is 5.11 Å². The Bertz CT molecular complexity index is 510. The number of rotatable bonds is 5. The molecule has 2 N–H and O–H groups in total. The average molecular weight is 278 g/mol. The number of anilines is 1. The van der Waals surface area contributed by atoms with Gasteiger partial charge in [-0.15, -0.1) is 0 Å². The fourth-order valence-corrected chi connectivity index (χ4v) is 2.61. The Balaban J connectivity index is 2.09. The van der Waals surface area contributed by atoms with E-state index in [-0.39, 0.29) is 11.3 Å². The van der Waals surface area contributed by atoms with Crippen LogP contribution in [0, 0.1) is 16.0 Å². The smallest absolute Gasteiger partial charge is 0.335 e. The Morgan fingerprint density at radius 2 is 2.05 bits per heavy atom. The number of benzene rings is 1. The van der Waals surface area contributed by atoms with Crippen LogP contribution in [0.1, 0.15) is 42.5 Å². The minimum absolute atomic E-state index is 0.0695. The van der Waals surface area contributed by atoms with Crippen LogP contribution in [0.15, 0.2) is 18.2 Å². The number of nitrogens with zero attached hydrogens (tertiary/aromatic N) is 1. The molecule has 2 rings (SSSR count). The Kier molecular flexibility index (Phi) is 4.55. The molecule has 0 bridgehead atoms. The lowest BCUT2D eigenvalue weighted by Gasteiger charge is -2.22. The molecule has 0 aromatic heterocycles. The van der Waals surface area contributed by atoms with Gasteiger partial charge in [0.2, 0.25) is 0 Å². The van der Waals surface area contributed by atoms with Gasteiger partial charge < -0.3 is 10.4 Å². The lowest BCUT2D eigenvalue weighted by Crippen LogP contribution is -2.17. The summed E-state index contributed by atoms with van der Waals surface area (Å²) in [5, 5.41) is 23.0. The first-order valence-corrected chi connectivity index (χ1v) is 6.83. The number of nitro benzene ring substituents is 1. The molecule has 0 atom stereocenters. The second-order valence-electron chi connectivity index (χ2n) is 5.18. The highest BCUT2D eigenvalue weighted by Gasteiger charge is 2.19. The van der Waals surface area contributed by atoms with Gasteiger partial charge in [-0.1, -0.05) is 19.3 Å². The van der Waals surface area contributed by atoms with Gasteiger partial charge >= 0.3 is 5.97 Å². The van der Waals surface area contributed by atoms with E-state index in [1.807, 2.05) is 0 Å². The van der Waals surface area contributed by atoms with Crippen LogP contribution in [0.2, 0.25) is 0 Å². The zero-order valence-electron chi connectivity index (χ0n) is 11.2. The summed E-state index contributed by atoms with van der Waals surface area (Å²) in [5.41, 5.74) is 0.145. The molecule has 108 valence electrons. The average Bonchev–Trinajstić information content (AvgIpc) is 2.45. The SMILES string of the molecule is O=C(O)c1ccc(NCC2CCCCC2)c([N+](=O)[O-])c1. The first-order valence-electron chi connectivity index (χ1n) is 6.83. The topological polar surface area (TPSA) is 92.5 Å². The number of carboxylic acids is 1. The van der Waals surface area contributed by atoms with E-state index >= 15 is 0 Å². The Morgan fingerprint density at radius 3 is 2.65 bits per heavy atom. The molecular formula is C14H18N2O4. The second-order valence-corrected chi connectivity index (χ2v) is 5.18. The van der Waals surface area contributed by atoms with Crippen LogP contribution in [-0.2, 0) is 0 Å². The first kappa shape index (κ1) is 14.3. The third kappa shape index (κ3) is 3.46. The van der Waals surface area contributed by atoms with E-state index in [1.165, 1.54) is 31.4 Å². The molecule has 20 heavy (non-hydrogen) atoms. The van der Waals surface area contributed by atoms with Gasteiger partial charge in [0.05, 0.1) is 10.5 Å². The first-order chi connectivity index (χ1) is 9.58. The largest absolute Gasteiger partial charge is 0.478 e. The lowest BCUT2D eigenvalue weighted by molar-refractivity contribution is -0.384. The van der Waals surface area contributed by atoms with Gasteiger partial charge in [0.25, 0.3) is 5.69 Å².